The summed E-state index contributed by atoms with van der Waals surface area (Å²) in [6.45, 7) is 8.30. The summed E-state index contributed by atoms with van der Waals surface area (Å²) in [7, 11) is 0. The minimum atomic E-state index is -0.527. The second-order valence-electron chi connectivity index (χ2n) is 4.53. The van der Waals surface area contributed by atoms with Crippen LogP contribution in [-0.4, -0.2) is 48.1 Å². The monoisotopic (exact) mass is 265 g/mol. The van der Waals surface area contributed by atoms with Crippen LogP contribution in [0.1, 0.15) is 31.1 Å². The predicted octanol–water partition coefficient (Wildman–Crippen LogP) is 1.97. The molecule has 0 aliphatic carbocycles. The molecule has 19 heavy (non-hydrogen) atoms. The molecule has 1 aromatic carbocycles. The number of benzene rings is 1. The molecular weight excluding hydrogens is 242 g/mol. The summed E-state index contributed by atoms with van der Waals surface area (Å²) < 4.78 is 5.52. The van der Waals surface area contributed by atoms with Crippen molar-refractivity contribution in [2.75, 3.05) is 26.2 Å². The molecule has 4 heteroatoms. The van der Waals surface area contributed by atoms with Crippen molar-refractivity contribution >= 4 is 5.78 Å². The van der Waals surface area contributed by atoms with Gasteiger partial charge in [0.05, 0.1) is 0 Å². The van der Waals surface area contributed by atoms with E-state index in [2.05, 4.69) is 18.7 Å². The molecule has 0 saturated carbocycles. The molecule has 1 rings (SSSR count). The zero-order chi connectivity index (χ0) is 14.3. The zero-order valence-electron chi connectivity index (χ0n) is 11.9. The van der Waals surface area contributed by atoms with Crippen molar-refractivity contribution in [1.29, 1.82) is 0 Å². The molecule has 106 valence electrons. The van der Waals surface area contributed by atoms with Gasteiger partial charge < -0.3 is 14.7 Å². The van der Waals surface area contributed by atoms with Crippen LogP contribution in [-0.2, 0) is 0 Å². The highest BCUT2D eigenvalue weighted by Gasteiger charge is 2.10. The standard InChI is InChI=1S/C15H23NO3/c1-4-16(5-2)10-14(18)11-19-15-8-6-7-13(9-15)12(3)17/h6-9,14,18H,4-5,10-11H2,1-3H3. The normalized spacial score (nSPS) is 12.5. The van der Waals surface area contributed by atoms with Gasteiger partial charge in [-0.3, -0.25) is 4.79 Å². The topological polar surface area (TPSA) is 49.8 Å². The number of rotatable bonds is 8. The summed E-state index contributed by atoms with van der Waals surface area (Å²) in [6, 6.07) is 7.02. The Kier molecular flexibility index (Phi) is 6.53. The van der Waals surface area contributed by atoms with Crippen LogP contribution in [0.3, 0.4) is 0 Å². The summed E-state index contributed by atoms with van der Waals surface area (Å²) in [5.41, 5.74) is 0.621. The van der Waals surface area contributed by atoms with Crippen LogP contribution in [0.15, 0.2) is 24.3 Å². The Morgan fingerprint density at radius 3 is 2.63 bits per heavy atom. The number of aliphatic hydroxyl groups excluding tert-OH is 1. The summed E-state index contributed by atoms with van der Waals surface area (Å²) in [6.07, 6.45) is -0.527. The molecule has 1 atom stereocenters. The first-order valence-corrected chi connectivity index (χ1v) is 6.71. The van der Waals surface area contributed by atoms with Gasteiger partial charge in [-0.25, -0.2) is 0 Å². The SMILES string of the molecule is CCN(CC)CC(O)COc1cccc(C(C)=O)c1. The van der Waals surface area contributed by atoms with E-state index in [0.29, 0.717) is 17.9 Å². The molecule has 1 unspecified atom stereocenters. The van der Waals surface area contributed by atoms with Crippen LogP contribution >= 0.6 is 0 Å². The van der Waals surface area contributed by atoms with Crippen molar-refractivity contribution in [1.82, 2.24) is 4.90 Å². The van der Waals surface area contributed by atoms with Crippen molar-refractivity contribution in [2.45, 2.75) is 26.9 Å². The highest BCUT2D eigenvalue weighted by Crippen LogP contribution is 2.14. The van der Waals surface area contributed by atoms with Gasteiger partial charge in [-0.1, -0.05) is 26.0 Å². The number of Topliss-reactive ketones (excluding diaryl/α,β-unsaturated/α-hetero) is 1. The first-order chi connectivity index (χ1) is 9.06. The molecule has 0 aliphatic heterocycles. The Labute approximate surface area is 115 Å². The van der Waals surface area contributed by atoms with E-state index < -0.39 is 6.10 Å². The average Bonchev–Trinajstić information content (AvgIpc) is 2.42. The molecule has 0 amide bonds. The number of nitrogens with zero attached hydrogens (tertiary/aromatic N) is 1. The van der Waals surface area contributed by atoms with Gasteiger partial charge in [0.15, 0.2) is 5.78 Å². The van der Waals surface area contributed by atoms with Crippen LogP contribution in [0.4, 0.5) is 0 Å². The first-order valence-electron chi connectivity index (χ1n) is 6.71. The molecule has 0 spiro atoms. The molecule has 1 aromatic rings. The predicted molar refractivity (Wildman–Crippen MR) is 75.7 cm³/mol. The van der Waals surface area contributed by atoms with Crippen molar-refractivity contribution in [3.8, 4) is 5.75 Å². The molecule has 4 nitrogen and oxygen atoms in total. The number of ketones is 1. The zero-order valence-corrected chi connectivity index (χ0v) is 11.9. The Morgan fingerprint density at radius 2 is 2.05 bits per heavy atom. The fraction of sp³-hybridized carbons (Fsp3) is 0.533. The minimum absolute atomic E-state index is 0.00846. The van der Waals surface area contributed by atoms with Gasteiger partial charge in [0.2, 0.25) is 0 Å². The largest absolute Gasteiger partial charge is 0.491 e. The van der Waals surface area contributed by atoms with E-state index >= 15 is 0 Å². The lowest BCUT2D eigenvalue weighted by Gasteiger charge is -2.21. The van der Waals surface area contributed by atoms with E-state index in [0.717, 1.165) is 13.1 Å². The van der Waals surface area contributed by atoms with Crippen LogP contribution in [0.25, 0.3) is 0 Å². The van der Waals surface area contributed by atoms with E-state index in [1.807, 2.05) is 0 Å². The molecule has 0 heterocycles. The van der Waals surface area contributed by atoms with Gasteiger partial charge in [0.25, 0.3) is 0 Å². The molecule has 0 aromatic heterocycles. The number of likely N-dealkylation sites (N-methyl/N-ethyl adjacent to an activating group) is 1. The van der Waals surface area contributed by atoms with Gasteiger partial charge in [0.1, 0.15) is 18.5 Å². The minimum Gasteiger partial charge on any atom is -0.491 e. The van der Waals surface area contributed by atoms with Crippen LogP contribution in [0.2, 0.25) is 0 Å². The Morgan fingerprint density at radius 1 is 1.37 bits per heavy atom. The van der Waals surface area contributed by atoms with E-state index in [1.54, 1.807) is 24.3 Å². The number of ether oxygens (including phenoxy) is 1. The summed E-state index contributed by atoms with van der Waals surface area (Å²) in [4.78, 5) is 13.4. The van der Waals surface area contributed by atoms with Crippen molar-refractivity contribution in [3.05, 3.63) is 29.8 Å². The molecule has 0 radical (unpaired) electrons. The van der Waals surface area contributed by atoms with E-state index in [4.69, 9.17) is 4.74 Å². The molecule has 0 fully saturated rings. The molecule has 0 aliphatic rings. The number of carbonyl (C=O) groups excluding carboxylic acids is 1. The Hall–Kier alpha value is -1.39. The molecule has 0 saturated heterocycles. The quantitative estimate of drug-likeness (QED) is 0.730. The first kappa shape index (κ1) is 15.7. The van der Waals surface area contributed by atoms with Gasteiger partial charge in [0, 0.05) is 12.1 Å². The van der Waals surface area contributed by atoms with Crippen molar-refractivity contribution < 1.29 is 14.6 Å². The lowest BCUT2D eigenvalue weighted by atomic mass is 10.1. The summed E-state index contributed by atoms with van der Waals surface area (Å²) >= 11 is 0. The fourth-order valence-electron chi connectivity index (χ4n) is 1.83. The number of hydrogen-bond acceptors (Lipinski definition) is 4. The maximum absolute atomic E-state index is 11.2. The maximum atomic E-state index is 11.2. The van der Waals surface area contributed by atoms with Crippen LogP contribution in [0.5, 0.6) is 5.75 Å². The molecule has 0 bridgehead atoms. The highest BCUT2D eigenvalue weighted by molar-refractivity contribution is 5.94. The smallest absolute Gasteiger partial charge is 0.159 e. The van der Waals surface area contributed by atoms with Crippen molar-refractivity contribution in [3.63, 3.8) is 0 Å². The number of carbonyl (C=O) groups is 1. The second kappa shape index (κ2) is 7.92. The van der Waals surface area contributed by atoms with E-state index in [9.17, 15) is 9.90 Å². The maximum Gasteiger partial charge on any atom is 0.159 e. The summed E-state index contributed by atoms with van der Waals surface area (Å²) in [5.74, 6) is 0.625. The van der Waals surface area contributed by atoms with Gasteiger partial charge in [-0.2, -0.15) is 0 Å². The fourth-order valence-corrected chi connectivity index (χ4v) is 1.83. The molecular formula is C15H23NO3. The van der Waals surface area contributed by atoms with Crippen molar-refractivity contribution in [2.24, 2.45) is 0 Å². The Bertz CT molecular complexity index is 402. The van der Waals surface area contributed by atoms with E-state index in [1.165, 1.54) is 6.92 Å². The van der Waals surface area contributed by atoms with Crippen LogP contribution in [0, 0.1) is 0 Å². The van der Waals surface area contributed by atoms with Gasteiger partial charge in [-0.15, -0.1) is 0 Å². The molecule has 1 N–H and O–H groups in total. The summed E-state index contributed by atoms with van der Waals surface area (Å²) in [5, 5.41) is 9.89. The third kappa shape index (κ3) is 5.41. The lowest BCUT2D eigenvalue weighted by Crippen LogP contribution is -2.35. The van der Waals surface area contributed by atoms with E-state index in [-0.39, 0.29) is 12.4 Å². The highest BCUT2D eigenvalue weighted by atomic mass is 16.5. The third-order valence-electron chi connectivity index (χ3n) is 3.05. The van der Waals surface area contributed by atoms with Gasteiger partial charge in [-0.05, 0) is 32.1 Å². The van der Waals surface area contributed by atoms with Gasteiger partial charge >= 0.3 is 0 Å². The Balaban J connectivity index is 2.47. The number of hydrogen-bond donors (Lipinski definition) is 1. The van der Waals surface area contributed by atoms with Crippen LogP contribution < -0.4 is 4.74 Å². The second-order valence-corrected chi connectivity index (χ2v) is 4.53. The lowest BCUT2D eigenvalue weighted by molar-refractivity contribution is 0.0716. The third-order valence-corrected chi connectivity index (χ3v) is 3.05. The number of aliphatic hydroxyl groups is 1. The average molecular weight is 265 g/mol.